The second-order valence-corrected chi connectivity index (χ2v) is 6.51. The lowest BCUT2D eigenvalue weighted by atomic mass is 10.1. The third-order valence-electron chi connectivity index (χ3n) is 4.35. The molecule has 3 aromatic carbocycles. The number of anilines is 1. The van der Waals surface area contributed by atoms with Crippen LogP contribution in [-0.4, -0.2) is 17.7 Å². The van der Waals surface area contributed by atoms with E-state index in [-0.39, 0.29) is 11.3 Å². The molecule has 148 valence electrons. The van der Waals surface area contributed by atoms with E-state index >= 15 is 0 Å². The van der Waals surface area contributed by atoms with Crippen LogP contribution in [0, 0.1) is 11.3 Å². The predicted molar refractivity (Wildman–Crippen MR) is 111 cm³/mol. The van der Waals surface area contributed by atoms with Gasteiger partial charge in [-0.2, -0.15) is 5.26 Å². The molecule has 6 nitrogen and oxygen atoms in total. The van der Waals surface area contributed by atoms with Crippen molar-refractivity contribution in [2.45, 2.75) is 13.0 Å². The maximum Gasteiger partial charge on any atom is 0.339 e. The molecule has 0 aliphatic carbocycles. The van der Waals surface area contributed by atoms with Crippen molar-refractivity contribution in [1.29, 1.82) is 5.26 Å². The predicted octanol–water partition coefficient (Wildman–Crippen LogP) is 4.30. The Hall–Kier alpha value is -4.24. The Labute approximate surface area is 173 Å². The number of ketones is 1. The summed E-state index contributed by atoms with van der Waals surface area (Å²) in [6, 6.07) is 23.1. The van der Waals surface area contributed by atoms with Gasteiger partial charge in [-0.3, -0.25) is 9.59 Å². The second-order valence-electron chi connectivity index (χ2n) is 6.51. The number of rotatable bonds is 6. The summed E-state index contributed by atoms with van der Waals surface area (Å²) in [4.78, 5) is 37.1. The van der Waals surface area contributed by atoms with Gasteiger partial charge in [0, 0.05) is 16.8 Å². The van der Waals surface area contributed by atoms with Crippen molar-refractivity contribution >= 4 is 23.3 Å². The summed E-state index contributed by atoms with van der Waals surface area (Å²) in [6.45, 7) is 1.44. The molecule has 3 rings (SSSR count). The quantitative estimate of drug-likeness (QED) is 0.493. The molecule has 0 unspecified atom stereocenters. The van der Waals surface area contributed by atoms with Gasteiger partial charge in [-0.15, -0.1) is 0 Å². The largest absolute Gasteiger partial charge is 0.444 e. The fourth-order valence-corrected chi connectivity index (χ4v) is 2.78. The first-order valence-corrected chi connectivity index (χ1v) is 9.16. The van der Waals surface area contributed by atoms with Crippen LogP contribution in [-0.2, 0) is 9.53 Å². The van der Waals surface area contributed by atoms with Gasteiger partial charge in [0.05, 0.1) is 17.2 Å². The zero-order valence-corrected chi connectivity index (χ0v) is 16.2. The molecule has 1 N–H and O–H groups in total. The standard InChI is InChI=1S/C24H18N2O4/c1-16(27)20-8-5-9-21(14-20)26-23(28)22(18-6-3-2-4-7-18)30-24(29)19-12-10-17(15-25)11-13-19/h2-14,22H,1H3,(H,26,28)/t22-/m1/s1. The first-order chi connectivity index (χ1) is 14.5. The summed E-state index contributed by atoms with van der Waals surface area (Å²) in [5.41, 5.74) is 2.01. The Morgan fingerprint density at radius 2 is 1.60 bits per heavy atom. The van der Waals surface area contributed by atoms with Crippen molar-refractivity contribution in [3.8, 4) is 6.07 Å². The zero-order valence-electron chi connectivity index (χ0n) is 16.2. The molecule has 0 aliphatic heterocycles. The van der Waals surface area contributed by atoms with E-state index in [1.54, 1.807) is 54.6 Å². The van der Waals surface area contributed by atoms with E-state index in [0.29, 0.717) is 22.4 Å². The Morgan fingerprint density at radius 1 is 0.900 bits per heavy atom. The minimum absolute atomic E-state index is 0.127. The first-order valence-electron chi connectivity index (χ1n) is 9.16. The molecular formula is C24H18N2O4. The SMILES string of the molecule is CC(=O)c1cccc(NC(=O)[C@H](OC(=O)c2ccc(C#N)cc2)c2ccccc2)c1. The number of hydrogen-bond acceptors (Lipinski definition) is 5. The third kappa shape index (κ3) is 4.97. The Kier molecular flexibility index (Phi) is 6.36. The molecule has 1 atom stereocenters. The van der Waals surface area contributed by atoms with Crippen molar-refractivity contribution in [3.63, 3.8) is 0 Å². The average molecular weight is 398 g/mol. The van der Waals surface area contributed by atoms with Gasteiger partial charge in [-0.1, -0.05) is 42.5 Å². The van der Waals surface area contributed by atoms with Crippen LogP contribution in [0.1, 0.15) is 44.9 Å². The van der Waals surface area contributed by atoms with Crippen molar-refractivity contribution in [2.75, 3.05) is 5.32 Å². The number of carbonyl (C=O) groups is 3. The number of esters is 1. The molecule has 0 saturated heterocycles. The van der Waals surface area contributed by atoms with Crippen molar-refractivity contribution in [1.82, 2.24) is 0 Å². The summed E-state index contributed by atoms with van der Waals surface area (Å²) >= 11 is 0. The highest BCUT2D eigenvalue weighted by Gasteiger charge is 2.26. The number of carbonyl (C=O) groups excluding carboxylic acids is 3. The maximum absolute atomic E-state index is 12.9. The number of nitrogens with zero attached hydrogens (tertiary/aromatic N) is 1. The summed E-state index contributed by atoms with van der Waals surface area (Å²) in [7, 11) is 0. The van der Waals surface area contributed by atoms with Gasteiger partial charge in [0.1, 0.15) is 0 Å². The van der Waals surface area contributed by atoms with Crippen LogP contribution in [0.25, 0.3) is 0 Å². The van der Waals surface area contributed by atoms with Crippen LogP contribution >= 0.6 is 0 Å². The third-order valence-corrected chi connectivity index (χ3v) is 4.35. The van der Waals surface area contributed by atoms with E-state index in [4.69, 9.17) is 10.00 Å². The molecule has 0 bridgehead atoms. The number of hydrogen-bond donors (Lipinski definition) is 1. The molecule has 0 fully saturated rings. The molecule has 0 radical (unpaired) electrons. The molecule has 0 heterocycles. The fourth-order valence-electron chi connectivity index (χ4n) is 2.78. The molecule has 3 aromatic rings. The highest BCUT2D eigenvalue weighted by atomic mass is 16.5. The van der Waals surface area contributed by atoms with E-state index < -0.39 is 18.0 Å². The summed E-state index contributed by atoms with van der Waals surface area (Å²) in [6.07, 6.45) is -1.20. The Morgan fingerprint density at radius 3 is 2.23 bits per heavy atom. The van der Waals surface area contributed by atoms with Crippen molar-refractivity contribution < 1.29 is 19.1 Å². The van der Waals surface area contributed by atoms with E-state index in [0.717, 1.165) is 0 Å². The smallest absolute Gasteiger partial charge is 0.339 e. The molecule has 1 amide bonds. The fraction of sp³-hybridized carbons (Fsp3) is 0.0833. The number of nitrogens with one attached hydrogen (secondary N) is 1. The van der Waals surface area contributed by atoms with Gasteiger partial charge in [-0.05, 0) is 43.3 Å². The van der Waals surface area contributed by atoms with Crippen molar-refractivity contribution in [2.24, 2.45) is 0 Å². The monoisotopic (exact) mass is 398 g/mol. The number of benzene rings is 3. The maximum atomic E-state index is 12.9. The van der Waals surface area contributed by atoms with Crippen LogP contribution in [0.3, 0.4) is 0 Å². The molecule has 30 heavy (non-hydrogen) atoms. The van der Waals surface area contributed by atoms with Gasteiger partial charge < -0.3 is 10.1 Å². The van der Waals surface area contributed by atoms with Gasteiger partial charge in [-0.25, -0.2) is 4.79 Å². The summed E-state index contributed by atoms with van der Waals surface area (Å²) in [5, 5.41) is 11.6. The number of Topliss-reactive ketones (excluding diaryl/α,β-unsaturated/α-hetero) is 1. The Bertz CT molecular complexity index is 1120. The van der Waals surface area contributed by atoms with Gasteiger partial charge >= 0.3 is 5.97 Å². The summed E-state index contributed by atoms with van der Waals surface area (Å²) < 4.78 is 5.51. The zero-order chi connectivity index (χ0) is 21.5. The molecule has 0 aliphatic rings. The highest BCUT2D eigenvalue weighted by molar-refractivity contribution is 6.00. The van der Waals surface area contributed by atoms with Gasteiger partial charge in [0.15, 0.2) is 5.78 Å². The van der Waals surface area contributed by atoms with Crippen LogP contribution < -0.4 is 5.32 Å². The number of amides is 1. The van der Waals surface area contributed by atoms with Crippen molar-refractivity contribution in [3.05, 3.63) is 101 Å². The number of ether oxygens (including phenoxy) is 1. The van der Waals surface area contributed by atoms with Crippen LogP contribution in [0.15, 0.2) is 78.9 Å². The molecule has 0 saturated carbocycles. The molecule has 0 spiro atoms. The van der Waals surface area contributed by atoms with Crippen LogP contribution in [0.5, 0.6) is 0 Å². The first kappa shape index (κ1) is 20.5. The van der Waals surface area contributed by atoms with Gasteiger partial charge in [0.25, 0.3) is 5.91 Å². The van der Waals surface area contributed by atoms with Crippen LogP contribution in [0.4, 0.5) is 5.69 Å². The highest BCUT2D eigenvalue weighted by Crippen LogP contribution is 2.22. The lowest BCUT2D eigenvalue weighted by Gasteiger charge is -2.18. The minimum Gasteiger partial charge on any atom is -0.444 e. The molecular weight excluding hydrogens is 380 g/mol. The topological polar surface area (TPSA) is 96.3 Å². The number of nitriles is 1. The van der Waals surface area contributed by atoms with E-state index in [9.17, 15) is 14.4 Å². The summed E-state index contributed by atoms with van der Waals surface area (Å²) in [5.74, 6) is -1.37. The second kappa shape index (κ2) is 9.30. The van der Waals surface area contributed by atoms with E-state index in [1.807, 2.05) is 6.07 Å². The normalized spacial score (nSPS) is 11.1. The van der Waals surface area contributed by atoms with Crippen LogP contribution in [0.2, 0.25) is 0 Å². The average Bonchev–Trinajstić information content (AvgIpc) is 2.78. The molecule has 6 heteroatoms. The lowest BCUT2D eigenvalue weighted by Crippen LogP contribution is -2.26. The van der Waals surface area contributed by atoms with E-state index in [1.165, 1.54) is 31.2 Å². The molecule has 0 aromatic heterocycles. The Balaban J connectivity index is 1.84. The minimum atomic E-state index is -1.20. The van der Waals surface area contributed by atoms with Gasteiger partial charge in [0.2, 0.25) is 6.10 Å². The van der Waals surface area contributed by atoms with E-state index in [2.05, 4.69) is 5.32 Å². The lowest BCUT2D eigenvalue weighted by molar-refractivity contribution is -0.125.